The Hall–Kier alpha value is -2.35. The molecule has 1 aliphatic carbocycles. The summed E-state index contributed by atoms with van der Waals surface area (Å²) >= 11 is 0. The number of hydrogen-bond acceptors (Lipinski definition) is 5. The van der Waals surface area contributed by atoms with Crippen molar-refractivity contribution in [2.45, 2.75) is 63.7 Å². The van der Waals surface area contributed by atoms with Gasteiger partial charge in [-0.25, -0.2) is 0 Å². The molecule has 3 heterocycles. The topological polar surface area (TPSA) is 83.9 Å². The van der Waals surface area contributed by atoms with Crippen LogP contribution in [0, 0.1) is 28.6 Å². The lowest BCUT2D eigenvalue weighted by Gasteiger charge is -2.45. The molecule has 1 aliphatic heterocycles. The highest BCUT2D eigenvalue weighted by Crippen LogP contribution is 2.47. The van der Waals surface area contributed by atoms with E-state index in [-0.39, 0.29) is 11.5 Å². The normalized spacial score (nSPS) is 28.5. The van der Waals surface area contributed by atoms with Crippen LogP contribution in [0.2, 0.25) is 0 Å². The Balaban J connectivity index is 1.82. The number of pyridine rings is 1. The third-order valence-electron chi connectivity index (χ3n) is 6.50. The van der Waals surface area contributed by atoms with Crippen LogP contribution in [0.4, 0.5) is 0 Å². The Bertz CT molecular complexity index is 960. The maximum atomic E-state index is 9.41. The number of nitriles is 2. The van der Waals surface area contributed by atoms with E-state index in [2.05, 4.69) is 21.7 Å². The van der Waals surface area contributed by atoms with Crippen molar-refractivity contribution in [1.82, 2.24) is 9.55 Å². The summed E-state index contributed by atoms with van der Waals surface area (Å²) in [5.41, 5.74) is 0.717. The third-order valence-corrected chi connectivity index (χ3v) is 6.50. The summed E-state index contributed by atoms with van der Waals surface area (Å²) < 4.78 is 14.7. The number of aromatic nitrogens is 2. The minimum absolute atomic E-state index is 0.00191. The molecule has 0 spiro atoms. The molecular formula is C20H23BN4O2. The van der Waals surface area contributed by atoms with Crippen molar-refractivity contribution in [2.75, 3.05) is 0 Å². The standard InChI is InChI=1S/C20H23BN4O2/c1-18(2)19(3,4)27-21(26-18)16-13-25(17-5-8-24-12-15(16)17)20(6-7-22)9-14(10-20)11-23/h5,8,12-14H,6,9-10H2,1-4H3/t14-,20+. The van der Waals surface area contributed by atoms with Crippen molar-refractivity contribution >= 4 is 23.5 Å². The minimum atomic E-state index is -0.492. The molecule has 0 N–H and O–H groups in total. The van der Waals surface area contributed by atoms with Gasteiger partial charge < -0.3 is 13.9 Å². The summed E-state index contributed by atoms with van der Waals surface area (Å²) in [5.74, 6) is -0.00191. The molecule has 1 saturated heterocycles. The highest BCUT2D eigenvalue weighted by atomic mass is 16.7. The van der Waals surface area contributed by atoms with E-state index >= 15 is 0 Å². The van der Waals surface area contributed by atoms with Gasteiger partial charge in [0.15, 0.2) is 0 Å². The van der Waals surface area contributed by atoms with Crippen LogP contribution >= 0.6 is 0 Å². The Kier molecular flexibility index (Phi) is 3.89. The second-order valence-corrected chi connectivity index (χ2v) is 8.73. The molecule has 6 nitrogen and oxygen atoms in total. The van der Waals surface area contributed by atoms with Gasteiger partial charge in [0.25, 0.3) is 0 Å². The van der Waals surface area contributed by atoms with E-state index in [1.54, 1.807) is 6.20 Å². The molecule has 7 heteroatoms. The summed E-state index contributed by atoms with van der Waals surface area (Å²) in [6, 6.07) is 6.61. The van der Waals surface area contributed by atoms with Crippen molar-refractivity contribution in [3.63, 3.8) is 0 Å². The van der Waals surface area contributed by atoms with Crippen molar-refractivity contribution in [2.24, 2.45) is 5.92 Å². The maximum Gasteiger partial charge on any atom is 0.497 e. The van der Waals surface area contributed by atoms with Gasteiger partial charge >= 0.3 is 7.12 Å². The average Bonchev–Trinajstić information content (AvgIpc) is 3.06. The van der Waals surface area contributed by atoms with E-state index in [1.807, 2.05) is 46.2 Å². The van der Waals surface area contributed by atoms with Gasteiger partial charge in [-0.05, 0) is 46.6 Å². The maximum absolute atomic E-state index is 9.41. The molecule has 0 amide bonds. The smallest absolute Gasteiger partial charge is 0.399 e. The zero-order valence-corrected chi connectivity index (χ0v) is 16.2. The first-order chi connectivity index (χ1) is 12.7. The fraction of sp³-hybridized carbons (Fsp3) is 0.550. The fourth-order valence-corrected chi connectivity index (χ4v) is 4.17. The Morgan fingerprint density at radius 3 is 2.48 bits per heavy atom. The van der Waals surface area contributed by atoms with Crippen molar-refractivity contribution in [1.29, 1.82) is 10.5 Å². The van der Waals surface area contributed by atoms with Gasteiger partial charge in [0.05, 0.1) is 46.7 Å². The zero-order chi connectivity index (χ0) is 19.4. The van der Waals surface area contributed by atoms with E-state index in [0.29, 0.717) is 19.3 Å². The Morgan fingerprint density at radius 2 is 1.89 bits per heavy atom. The highest BCUT2D eigenvalue weighted by molar-refractivity contribution is 6.65. The number of rotatable bonds is 3. The second kappa shape index (κ2) is 5.82. The van der Waals surface area contributed by atoms with Crippen LogP contribution in [0.15, 0.2) is 24.7 Å². The van der Waals surface area contributed by atoms with Crippen LogP contribution in [-0.4, -0.2) is 27.9 Å². The monoisotopic (exact) mass is 362 g/mol. The molecule has 0 atom stereocenters. The van der Waals surface area contributed by atoms with Gasteiger partial charge in [-0.3, -0.25) is 4.98 Å². The molecule has 27 heavy (non-hydrogen) atoms. The molecule has 2 aromatic heterocycles. The first-order valence-corrected chi connectivity index (χ1v) is 9.31. The first kappa shape index (κ1) is 18.0. The third kappa shape index (κ3) is 2.57. The van der Waals surface area contributed by atoms with Crippen molar-refractivity contribution in [3.8, 4) is 12.1 Å². The number of nitrogens with zero attached hydrogens (tertiary/aromatic N) is 4. The van der Waals surface area contributed by atoms with Gasteiger partial charge in [0.1, 0.15) is 0 Å². The van der Waals surface area contributed by atoms with E-state index in [9.17, 15) is 10.5 Å². The highest BCUT2D eigenvalue weighted by Gasteiger charge is 2.53. The van der Waals surface area contributed by atoms with Crippen LogP contribution in [0.5, 0.6) is 0 Å². The molecule has 2 aromatic rings. The largest absolute Gasteiger partial charge is 0.497 e. The summed E-state index contributed by atoms with van der Waals surface area (Å²) in [6.45, 7) is 8.13. The predicted octanol–water partition coefficient (Wildman–Crippen LogP) is 2.88. The molecule has 0 aromatic carbocycles. The van der Waals surface area contributed by atoms with Crippen LogP contribution in [-0.2, 0) is 14.8 Å². The van der Waals surface area contributed by atoms with Crippen molar-refractivity contribution in [3.05, 3.63) is 24.7 Å². The Labute approximate surface area is 159 Å². The fourth-order valence-electron chi connectivity index (χ4n) is 4.17. The molecule has 138 valence electrons. The molecule has 2 fully saturated rings. The molecule has 2 aliphatic rings. The summed E-state index contributed by atoms with van der Waals surface area (Å²) in [4.78, 5) is 4.29. The Morgan fingerprint density at radius 1 is 1.22 bits per heavy atom. The first-order valence-electron chi connectivity index (χ1n) is 9.31. The molecule has 0 unspecified atom stereocenters. The molecule has 1 saturated carbocycles. The van der Waals surface area contributed by atoms with E-state index in [1.165, 1.54) is 0 Å². The zero-order valence-electron chi connectivity index (χ0n) is 16.2. The predicted molar refractivity (Wildman–Crippen MR) is 102 cm³/mol. The lowest BCUT2D eigenvalue weighted by Crippen LogP contribution is -2.45. The van der Waals surface area contributed by atoms with Crippen LogP contribution in [0.25, 0.3) is 10.9 Å². The van der Waals surface area contributed by atoms with Crippen LogP contribution in [0.3, 0.4) is 0 Å². The van der Waals surface area contributed by atoms with Gasteiger partial charge in [-0.2, -0.15) is 10.5 Å². The van der Waals surface area contributed by atoms with Crippen LogP contribution < -0.4 is 5.46 Å². The minimum Gasteiger partial charge on any atom is -0.399 e. The van der Waals surface area contributed by atoms with E-state index in [4.69, 9.17) is 9.31 Å². The van der Waals surface area contributed by atoms with E-state index in [0.717, 1.165) is 16.4 Å². The van der Waals surface area contributed by atoms with E-state index < -0.39 is 18.3 Å². The quantitative estimate of drug-likeness (QED) is 0.784. The molecule has 0 bridgehead atoms. The molecule has 4 rings (SSSR count). The molecular weight excluding hydrogens is 339 g/mol. The van der Waals surface area contributed by atoms with Crippen LogP contribution in [0.1, 0.15) is 47.0 Å². The van der Waals surface area contributed by atoms with Gasteiger partial charge in [0, 0.05) is 29.4 Å². The SMILES string of the molecule is CC1(C)OB(c2cn([C@]3(CC#N)C[C@H](C#N)C3)c3ccncc23)OC1(C)C. The summed E-state index contributed by atoms with van der Waals surface area (Å²) in [5, 5.41) is 19.6. The van der Waals surface area contributed by atoms with Gasteiger partial charge in [0.2, 0.25) is 0 Å². The summed E-state index contributed by atoms with van der Waals surface area (Å²) in [6.07, 6.45) is 7.37. The summed E-state index contributed by atoms with van der Waals surface area (Å²) in [7, 11) is -0.492. The van der Waals surface area contributed by atoms with Gasteiger partial charge in [-0.15, -0.1) is 0 Å². The molecule has 0 radical (unpaired) electrons. The lowest BCUT2D eigenvalue weighted by atomic mass is 9.67. The lowest BCUT2D eigenvalue weighted by molar-refractivity contribution is 0.00578. The van der Waals surface area contributed by atoms with Crippen molar-refractivity contribution < 1.29 is 9.31 Å². The average molecular weight is 362 g/mol. The second-order valence-electron chi connectivity index (χ2n) is 8.73. The van der Waals surface area contributed by atoms with Gasteiger partial charge in [-0.1, -0.05) is 0 Å². The number of fused-ring (bicyclic) bond motifs is 1. The number of hydrogen-bond donors (Lipinski definition) is 0.